The Kier molecular flexibility index (Phi) is 3.01. The van der Waals surface area contributed by atoms with E-state index in [0.29, 0.717) is 12.8 Å². The molecular formula is C15H14N2O4. The van der Waals surface area contributed by atoms with Crippen LogP contribution in [0.3, 0.4) is 0 Å². The third-order valence-corrected chi connectivity index (χ3v) is 3.92. The summed E-state index contributed by atoms with van der Waals surface area (Å²) in [4.78, 5) is 34.5. The van der Waals surface area contributed by atoms with Crippen LogP contribution in [0.2, 0.25) is 0 Å². The predicted molar refractivity (Wildman–Crippen MR) is 75.0 cm³/mol. The Morgan fingerprint density at radius 2 is 2.14 bits per heavy atom. The Labute approximate surface area is 120 Å². The molecule has 1 aromatic carbocycles. The van der Waals surface area contributed by atoms with Crippen LogP contribution in [-0.4, -0.2) is 27.5 Å². The maximum Gasteiger partial charge on any atom is 0.352 e. The number of carboxylic acids is 1. The highest BCUT2D eigenvalue weighted by molar-refractivity contribution is 6.03. The van der Waals surface area contributed by atoms with Crippen molar-refractivity contribution in [1.82, 2.24) is 9.88 Å². The number of carboxylic acid groups (broad SMARTS) is 1. The quantitative estimate of drug-likeness (QED) is 0.817. The van der Waals surface area contributed by atoms with Crippen LogP contribution in [0.1, 0.15) is 34.8 Å². The second-order valence-electron chi connectivity index (χ2n) is 5.18. The number of aromatic carboxylic acids is 1. The highest BCUT2D eigenvalue weighted by Crippen LogP contribution is 2.32. The molecule has 0 saturated carbocycles. The molecule has 1 aliphatic heterocycles. The van der Waals surface area contributed by atoms with Crippen LogP contribution in [-0.2, 0) is 16.6 Å². The number of rotatable bonds is 2. The molecule has 21 heavy (non-hydrogen) atoms. The van der Waals surface area contributed by atoms with E-state index in [4.69, 9.17) is 0 Å². The zero-order chi connectivity index (χ0) is 15.1. The Hall–Kier alpha value is -2.63. The molecule has 6 nitrogen and oxygen atoms in total. The predicted octanol–water partition coefficient (Wildman–Crippen LogP) is 1.40. The van der Waals surface area contributed by atoms with Crippen molar-refractivity contribution in [2.24, 2.45) is 7.05 Å². The molecule has 6 heteroatoms. The van der Waals surface area contributed by atoms with Crippen LogP contribution in [0.25, 0.3) is 10.9 Å². The van der Waals surface area contributed by atoms with Crippen molar-refractivity contribution in [3.8, 4) is 0 Å². The van der Waals surface area contributed by atoms with Gasteiger partial charge in [-0.05, 0) is 18.1 Å². The third kappa shape index (κ3) is 2.08. The lowest BCUT2D eigenvalue weighted by molar-refractivity contribution is -0.134. The number of fused-ring (bicyclic) bond motifs is 1. The van der Waals surface area contributed by atoms with Crippen molar-refractivity contribution in [3.63, 3.8) is 0 Å². The lowest BCUT2D eigenvalue weighted by atomic mass is 9.89. The van der Waals surface area contributed by atoms with Crippen LogP contribution in [0.4, 0.5) is 0 Å². The topological polar surface area (TPSA) is 88.4 Å². The summed E-state index contributed by atoms with van der Waals surface area (Å²) in [6, 6.07) is 7.02. The van der Waals surface area contributed by atoms with Gasteiger partial charge in [0.2, 0.25) is 11.8 Å². The molecule has 1 aromatic heterocycles. The van der Waals surface area contributed by atoms with Gasteiger partial charge in [0.05, 0.1) is 11.4 Å². The Morgan fingerprint density at radius 1 is 1.38 bits per heavy atom. The largest absolute Gasteiger partial charge is 0.477 e. The summed E-state index contributed by atoms with van der Waals surface area (Å²) in [5.74, 6) is -2.03. The van der Waals surface area contributed by atoms with E-state index in [1.807, 2.05) is 12.1 Å². The molecule has 2 amide bonds. The van der Waals surface area contributed by atoms with Crippen LogP contribution in [0, 0.1) is 0 Å². The molecule has 1 atom stereocenters. The molecule has 108 valence electrons. The van der Waals surface area contributed by atoms with Crippen molar-refractivity contribution >= 4 is 28.7 Å². The molecule has 2 N–H and O–H groups in total. The standard InChI is InChI=1S/C15H14N2O4/c1-17-11(15(20)21)7-8-3-2-4-9(13(8)17)10-5-6-12(18)16-14(10)19/h2-4,7,10H,5-6H2,1H3,(H,20,21)(H,16,18,19). The summed E-state index contributed by atoms with van der Waals surface area (Å²) < 4.78 is 1.58. The van der Waals surface area contributed by atoms with Crippen LogP contribution in [0.15, 0.2) is 24.3 Å². The fourth-order valence-corrected chi connectivity index (χ4v) is 2.93. The number of hydrogen-bond donors (Lipinski definition) is 2. The van der Waals surface area contributed by atoms with Crippen LogP contribution >= 0.6 is 0 Å². The first-order chi connectivity index (χ1) is 9.99. The van der Waals surface area contributed by atoms with Crippen molar-refractivity contribution < 1.29 is 19.5 Å². The number of para-hydroxylation sites is 1. The van der Waals surface area contributed by atoms with Gasteiger partial charge in [-0.15, -0.1) is 0 Å². The first-order valence-corrected chi connectivity index (χ1v) is 6.64. The van der Waals surface area contributed by atoms with Crippen LogP contribution < -0.4 is 5.32 Å². The maximum absolute atomic E-state index is 12.0. The number of hydrogen-bond acceptors (Lipinski definition) is 3. The fraction of sp³-hybridized carbons (Fsp3) is 0.267. The Bertz CT molecular complexity index is 775. The van der Waals surface area contributed by atoms with Gasteiger partial charge >= 0.3 is 5.97 Å². The summed E-state index contributed by atoms with van der Waals surface area (Å²) in [6.07, 6.45) is 0.736. The zero-order valence-corrected chi connectivity index (χ0v) is 11.4. The lowest BCUT2D eigenvalue weighted by Gasteiger charge is -2.22. The molecule has 2 aromatic rings. The van der Waals surface area contributed by atoms with Gasteiger partial charge in [0.15, 0.2) is 0 Å². The van der Waals surface area contributed by atoms with Gasteiger partial charge in [-0.2, -0.15) is 0 Å². The number of carbonyl (C=O) groups excluding carboxylic acids is 2. The Morgan fingerprint density at radius 3 is 2.81 bits per heavy atom. The van der Waals surface area contributed by atoms with E-state index in [9.17, 15) is 19.5 Å². The van der Waals surface area contributed by atoms with Crippen LogP contribution in [0.5, 0.6) is 0 Å². The highest BCUT2D eigenvalue weighted by Gasteiger charge is 2.30. The molecule has 3 rings (SSSR count). The first kappa shape index (κ1) is 13.4. The molecule has 1 saturated heterocycles. The summed E-state index contributed by atoms with van der Waals surface area (Å²) in [6.45, 7) is 0. The summed E-state index contributed by atoms with van der Waals surface area (Å²) in [7, 11) is 1.67. The minimum Gasteiger partial charge on any atom is -0.477 e. The van der Waals surface area contributed by atoms with Gasteiger partial charge in [-0.1, -0.05) is 18.2 Å². The minimum atomic E-state index is -1.01. The number of carbonyl (C=O) groups is 3. The number of amides is 2. The number of aromatic nitrogens is 1. The normalized spacial score (nSPS) is 18.8. The van der Waals surface area contributed by atoms with E-state index in [1.54, 1.807) is 23.7 Å². The molecule has 0 bridgehead atoms. The molecule has 0 spiro atoms. The van der Waals surface area contributed by atoms with E-state index < -0.39 is 11.9 Å². The average Bonchev–Trinajstić information content (AvgIpc) is 2.77. The van der Waals surface area contributed by atoms with Crippen molar-refractivity contribution in [3.05, 3.63) is 35.5 Å². The van der Waals surface area contributed by atoms with Crippen molar-refractivity contribution in [2.45, 2.75) is 18.8 Å². The summed E-state index contributed by atoms with van der Waals surface area (Å²) in [5, 5.41) is 12.3. The number of nitrogens with zero attached hydrogens (tertiary/aromatic N) is 1. The van der Waals surface area contributed by atoms with Crippen molar-refractivity contribution in [1.29, 1.82) is 0 Å². The monoisotopic (exact) mass is 286 g/mol. The average molecular weight is 286 g/mol. The van der Waals surface area contributed by atoms with Gasteiger partial charge in [0.25, 0.3) is 0 Å². The third-order valence-electron chi connectivity index (χ3n) is 3.92. The molecule has 1 fully saturated rings. The van der Waals surface area contributed by atoms with E-state index in [1.165, 1.54) is 0 Å². The molecule has 1 unspecified atom stereocenters. The highest BCUT2D eigenvalue weighted by atomic mass is 16.4. The molecule has 0 radical (unpaired) electrons. The second kappa shape index (κ2) is 4.73. The number of aryl methyl sites for hydroxylation is 1. The maximum atomic E-state index is 12.0. The smallest absolute Gasteiger partial charge is 0.352 e. The fourth-order valence-electron chi connectivity index (χ4n) is 2.93. The van der Waals surface area contributed by atoms with E-state index in [0.717, 1.165) is 16.5 Å². The van der Waals surface area contributed by atoms with E-state index in [2.05, 4.69) is 5.32 Å². The summed E-state index contributed by atoms with van der Waals surface area (Å²) in [5.41, 5.74) is 1.65. The number of piperidine rings is 1. The van der Waals surface area contributed by atoms with Gasteiger partial charge in [-0.25, -0.2) is 4.79 Å². The van der Waals surface area contributed by atoms with E-state index >= 15 is 0 Å². The molecule has 0 aliphatic carbocycles. The zero-order valence-electron chi connectivity index (χ0n) is 11.4. The SMILES string of the molecule is Cn1c(C(=O)O)cc2cccc(C3CCC(=O)NC3=O)c21. The molecule has 1 aliphatic rings. The van der Waals surface area contributed by atoms with Crippen molar-refractivity contribution in [2.75, 3.05) is 0 Å². The Balaban J connectivity index is 2.17. The lowest BCUT2D eigenvalue weighted by Crippen LogP contribution is -2.39. The number of imide groups is 1. The molecule has 2 heterocycles. The van der Waals surface area contributed by atoms with Gasteiger partial charge in [-0.3, -0.25) is 14.9 Å². The molecular weight excluding hydrogens is 272 g/mol. The summed E-state index contributed by atoms with van der Waals surface area (Å²) >= 11 is 0. The minimum absolute atomic E-state index is 0.171. The first-order valence-electron chi connectivity index (χ1n) is 6.64. The second-order valence-corrected chi connectivity index (χ2v) is 5.18. The number of nitrogens with one attached hydrogen (secondary N) is 1. The van der Waals surface area contributed by atoms with Gasteiger partial charge in [0.1, 0.15) is 5.69 Å². The van der Waals surface area contributed by atoms with Gasteiger partial charge < -0.3 is 9.67 Å². The van der Waals surface area contributed by atoms with E-state index in [-0.39, 0.29) is 17.5 Å². The number of benzene rings is 1. The van der Waals surface area contributed by atoms with Gasteiger partial charge in [0, 0.05) is 18.9 Å².